The van der Waals surface area contributed by atoms with Crippen LogP contribution in [0.1, 0.15) is 23.8 Å². The van der Waals surface area contributed by atoms with E-state index in [0.29, 0.717) is 10.7 Å². The Morgan fingerprint density at radius 1 is 1.73 bits per heavy atom. The highest BCUT2D eigenvalue weighted by atomic mass is 35.5. The number of halogens is 1. The predicted molar refractivity (Wildman–Crippen MR) is 58.1 cm³/mol. The van der Waals surface area contributed by atoms with Crippen LogP contribution in [-0.4, -0.2) is 28.2 Å². The van der Waals surface area contributed by atoms with Crippen molar-refractivity contribution in [1.29, 1.82) is 0 Å². The average Bonchev–Trinajstić information content (AvgIpc) is 2.73. The Bertz CT molecular complexity index is 369. The van der Waals surface area contributed by atoms with E-state index >= 15 is 0 Å². The molecule has 1 aromatic rings. The number of carbonyl (C=O) groups is 1. The number of aryl methyl sites for hydroxylation is 1. The molecule has 1 aromatic heterocycles. The van der Waals surface area contributed by atoms with Crippen LogP contribution in [0.5, 0.6) is 0 Å². The second kappa shape index (κ2) is 3.94. The van der Waals surface area contributed by atoms with Gasteiger partial charge in [0.1, 0.15) is 5.69 Å². The molecule has 82 valence electrons. The number of hydrogen-bond acceptors (Lipinski definition) is 3. The fraction of sp³-hybridized carbons (Fsp3) is 0.600. The molecule has 1 saturated heterocycles. The third kappa shape index (κ3) is 1.79. The molecule has 0 saturated carbocycles. The predicted octanol–water partition coefficient (Wildman–Crippen LogP) is 1.25. The summed E-state index contributed by atoms with van der Waals surface area (Å²) in [5.41, 5.74) is 0.525. The lowest BCUT2D eigenvalue weighted by atomic mass is 9.95. The Balaban J connectivity index is 2.28. The molecular formula is C10H14ClN3O. The van der Waals surface area contributed by atoms with E-state index < -0.39 is 0 Å². The quantitative estimate of drug-likeness (QED) is 0.774. The van der Waals surface area contributed by atoms with E-state index in [-0.39, 0.29) is 17.7 Å². The molecule has 5 heteroatoms. The van der Waals surface area contributed by atoms with Crippen molar-refractivity contribution >= 4 is 17.4 Å². The number of nitrogens with one attached hydrogen (secondary N) is 1. The van der Waals surface area contributed by atoms with Gasteiger partial charge in [-0.25, -0.2) is 0 Å². The van der Waals surface area contributed by atoms with Crippen molar-refractivity contribution in [2.24, 2.45) is 13.0 Å². The minimum atomic E-state index is 0.0258. The Morgan fingerprint density at radius 3 is 2.93 bits per heavy atom. The minimum Gasteiger partial charge on any atom is -0.313 e. The standard InChI is InChI=1S/C10H14ClN3O/c1-6-7(3-4-12-6)10(15)9-8(11)5-13-14(9)2/h5-7,12H,3-4H2,1-2H3. The number of Topliss-reactive ketones (excluding diaryl/α,β-unsaturated/α-hetero) is 1. The molecule has 1 aliphatic rings. The summed E-state index contributed by atoms with van der Waals surface area (Å²) in [4.78, 5) is 12.2. The van der Waals surface area contributed by atoms with Crippen LogP contribution in [0.4, 0.5) is 0 Å². The van der Waals surface area contributed by atoms with Crippen LogP contribution in [0, 0.1) is 5.92 Å². The van der Waals surface area contributed by atoms with Gasteiger partial charge in [-0.3, -0.25) is 9.48 Å². The lowest BCUT2D eigenvalue weighted by Crippen LogP contribution is -2.29. The van der Waals surface area contributed by atoms with Crippen LogP contribution in [0.2, 0.25) is 5.02 Å². The summed E-state index contributed by atoms with van der Waals surface area (Å²) in [5, 5.41) is 7.68. The van der Waals surface area contributed by atoms with E-state index in [1.54, 1.807) is 11.7 Å². The first-order chi connectivity index (χ1) is 7.11. The van der Waals surface area contributed by atoms with Crippen LogP contribution in [0.15, 0.2) is 6.20 Å². The number of nitrogens with zero attached hydrogens (tertiary/aromatic N) is 2. The molecule has 0 aromatic carbocycles. The molecule has 15 heavy (non-hydrogen) atoms. The molecule has 1 aliphatic heterocycles. The maximum absolute atomic E-state index is 12.2. The van der Waals surface area contributed by atoms with Gasteiger partial charge in [-0.15, -0.1) is 0 Å². The first-order valence-electron chi connectivity index (χ1n) is 5.06. The van der Waals surface area contributed by atoms with Gasteiger partial charge in [-0.05, 0) is 19.9 Å². The largest absolute Gasteiger partial charge is 0.313 e. The summed E-state index contributed by atoms with van der Waals surface area (Å²) in [6.07, 6.45) is 2.39. The van der Waals surface area contributed by atoms with Gasteiger partial charge in [-0.1, -0.05) is 11.6 Å². The van der Waals surface area contributed by atoms with Crippen molar-refractivity contribution in [2.75, 3.05) is 6.54 Å². The Kier molecular flexibility index (Phi) is 2.80. The SMILES string of the molecule is CC1NCCC1C(=O)c1c(Cl)cnn1C. The highest BCUT2D eigenvalue weighted by Gasteiger charge is 2.32. The fourth-order valence-electron chi connectivity index (χ4n) is 2.08. The number of hydrogen-bond donors (Lipinski definition) is 1. The number of aromatic nitrogens is 2. The van der Waals surface area contributed by atoms with E-state index in [0.717, 1.165) is 13.0 Å². The Morgan fingerprint density at radius 2 is 2.47 bits per heavy atom. The summed E-state index contributed by atoms with van der Waals surface area (Å²) in [5.74, 6) is 0.121. The molecule has 1 fully saturated rings. The van der Waals surface area contributed by atoms with Gasteiger partial charge in [0.25, 0.3) is 0 Å². The van der Waals surface area contributed by atoms with Crippen molar-refractivity contribution in [3.8, 4) is 0 Å². The molecule has 2 unspecified atom stereocenters. The molecule has 2 rings (SSSR count). The first kappa shape index (κ1) is 10.6. The molecule has 0 spiro atoms. The zero-order valence-corrected chi connectivity index (χ0v) is 9.58. The monoisotopic (exact) mass is 227 g/mol. The van der Waals surface area contributed by atoms with E-state index in [9.17, 15) is 4.79 Å². The summed E-state index contributed by atoms with van der Waals surface area (Å²) in [7, 11) is 1.74. The van der Waals surface area contributed by atoms with Gasteiger partial charge in [0.05, 0.1) is 11.2 Å². The van der Waals surface area contributed by atoms with Crippen molar-refractivity contribution < 1.29 is 4.79 Å². The summed E-state index contributed by atoms with van der Waals surface area (Å²) >= 11 is 5.94. The van der Waals surface area contributed by atoms with Crippen molar-refractivity contribution in [3.05, 3.63) is 16.9 Å². The molecule has 0 aliphatic carbocycles. The van der Waals surface area contributed by atoms with Crippen LogP contribution < -0.4 is 5.32 Å². The Labute approximate surface area is 93.6 Å². The molecule has 0 radical (unpaired) electrons. The number of ketones is 1. The fourth-order valence-corrected chi connectivity index (χ4v) is 2.34. The zero-order valence-electron chi connectivity index (χ0n) is 8.83. The van der Waals surface area contributed by atoms with Crippen molar-refractivity contribution in [2.45, 2.75) is 19.4 Å². The highest BCUT2D eigenvalue weighted by Crippen LogP contribution is 2.24. The number of rotatable bonds is 2. The van der Waals surface area contributed by atoms with Crippen LogP contribution >= 0.6 is 11.6 Å². The molecule has 1 N–H and O–H groups in total. The number of carbonyl (C=O) groups excluding carboxylic acids is 1. The van der Waals surface area contributed by atoms with Crippen molar-refractivity contribution in [3.63, 3.8) is 0 Å². The third-order valence-electron chi connectivity index (χ3n) is 2.99. The molecular weight excluding hydrogens is 214 g/mol. The maximum atomic E-state index is 12.2. The third-order valence-corrected chi connectivity index (χ3v) is 3.27. The van der Waals surface area contributed by atoms with Crippen LogP contribution in [-0.2, 0) is 7.05 Å². The van der Waals surface area contributed by atoms with Gasteiger partial charge in [0.15, 0.2) is 5.78 Å². The van der Waals surface area contributed by atoms with Gasteiger partial charge in [0.2, 0.25) is 0 Å². The van der Waals surface area contributed by atoms with E-state index in [4.69, 9.17) is 11.6 Å². The maximum Gasteiger partial charge on any atom is 0.187 e. The first-order valence-corrected chi connectivity index (χ1v) is 5.44. The summed E-state index contributed by atoms with van der Waals surface area (Å²) in [6.45, 7) is 2.92. The topological polar surface area (TPSA) is 46.9 Å². The molecule has 2 atom stereocenters. The van der Waals surface area contributed by atoms with Gasteiger partial charge >= 0.3 is 0 Å². The highest BCUT2D eigenvalue weighted by molar-refractivity contribution is 6.33. The lowest BCUT2D eigenvalue weighted by molar-refractivity contribution is 0.0904. The molecule has 0 amide bonds. The van der Waals surface area contributed by atoms with Crippen LogP contribution in [0.25, 0.3) is 0 Å². The van der Waals surface area contributed by atoms with E-state index in [2.05, 4.69) is 10.4 Å². The summed E-state index contributed by atoms with van der Waals surface area (Å²) < 4.78 is 1.55. The average molecular weight is 228 g/mol. The molecule has 0 bridgehead atoms. The van der Waals surface area contributed by atoms with Gasteiger partial charge in [-0.2, -0.15) is 5.10 Å². The Hall–Kier alpha value is -0.870. The van der Waals surface area contributed by atoms with E-state index in [1.807, 2.05) is 6.92 Å². The lowest BCUT2D eigenvalue weighted by Gasteiger charge is -2.13. The van der Waals surface area contributed by atoms with E-state index in [1.165, 1.54) is 6.20 Å². The normalized spacial score (nSPS) is 25.8. The van der Waals surface area contributed by atoms with Gasteiger partial charge in [0, 0.05) is 19.0 Å². The summed E-state index contributed by atoms with van der Waals surface area (Å²) in [6, 6.07) is 0.225. The smallest absolute Gasteiger partial charge is 0.187 e. The second-order valence-electron chi connectivity index (χ2n) is 3.97. The second-order valence-corrected chi connectivity index (χ2v) is 4.37. The van der Waals surface area contributed by atoms with Gasteiger partial charge < -0.3 is 5.32 Å². The van der Waals surface area contributed by atoms with Crippen LogP contribution in [0.3, 0.4) is 0 Å². The molecule has 4 nitrogen and oxygen atoms in total. The minimum absolute atomic E-state index is 0.0258. The van der Waals surface area contributed by atoms with Crippen molar-refractivity contribution in [1.82, 2.24) is 15.1 Å². The molecule has 2 heterocycles. The zero-order chi connectivity index (χ0) is 11.0.